The van der Waals surface area contributed by atoms with Gasteiger partial charge in [-0.1, -0.05) is 31.4 Å². The highest BCUT2D eigenvalue weighted by Gasteiger charge is 2.14. The van der Waals surface area contributed by atoms with Gasteiger partial charge in [0.15, 0.2) is 0 Å². The van der Waals surface area contributed by atoms with Crippen molar-refractivity contribution in [3.63, 3.8) is 0 Å². The van der Waals surface area contributed by atoms with Gasteiger partial charge in [-0.3, -0.25) is 10.1 Å². The zero-order chi connectivity index (χ0) is 12.0. The number of hydrogen-bond acceptors (Lipinski definition) is 5. The summed E-state index contributed by atoms with van der Waals surface area (Å²) in [5, 5.41) is 13.3. The van der Waals surface area contributed by atoms with Gasteiger partial charge >= 0.3 is 5.69 Å². The molecule has 0 spiro atoms. The van der Waals surface area contributed by atoms with Crippen LogP contribution in [0.3, 0.4) is 0 Å². The fraction of sp³-hybridized carbons (Fsp3) is 0.556. The summed E-state index contributed by atoms with van der Waals surface area (Å²) >= 11 is 5.63. The van der Waals surface area contributed by atoms with Crippen LogP contribution >= 0.6 is 11.6 Å². The summed E-state index contributed by atoms with van der Waals surface area (Å²) in [6.07, 6.45) is 4.36. The fourth-order valence-corrected chi connectivity index (χ4v) is 1.34. The molecule has 1 aromatic heterocycles. The Kier molecular flexibility index (Phi) is 4.91. The third-order valence-electron chi connectivity index (χ3n) is 1.98. The van der Waals surface area contributed by atoms with Gasteiger partial charge in [0, 0.05) is 6.54 Å². The third-order valence-corrected chi connectivity index (χ3v) is 2.26. The van der Waals surface area contributed by atoms with Crippen LogP contribution in [0.5, 0.6) is 0 Å². The van der Waals surface area contributed by atoms with Crippen molar-refractivity contribution in [2.24, 2.45) is 0 Å². The van der Waals surface area contributed by atoms with E-state index in [0.29, 0.717) is 5.95 Å². The molecular formula is C9H13ClN4O2. The van der Waals surface area contributed by atoms with E-state index in [1.165, 1.54) is 0 Å². The van der Waals surface area contributed by atoms with E-state index in [0.717, 1.165) is 32.0 Å². The van der Waals surface area contributed by atoms with E-state index in [4.69, 9.17) is 11.6 Å². The Morgan fingerprint density at radius 3 is 2.88 bits per heavy atom. The van der Waals surface area contributed by atoms with E-state index in [1.54, 1.807) is 0 Å². The summed E-state index contributed by atoms with van der Waals surface area (Å²) in [4.78, 5) is 17.4. The summed E-state index contributed by atoms with van der Waals surface area (Å²) in [5.74, 6) is 0.326. The van der Waals surface area contributed by atoms with Crippen LogP contribution in [-0.2, 0) is 0 Å². The van der Waals surface area contributed by atoms with Crippen molar-refractivity contribution in [3.05, 3.63) is 21.5 Å². The summed E-state index contributed by atoms with van der Waals surface area (Å²) in [6, 6.07) is 0. The predicted octanol–water partition coefficient (Wildman–Crippen LogP) is 2.64. The highest BCUT2D eigenvalue weighted by atomic mass is 35.5. The monoisotopic (exact) mass is 244 g/mol. The second kappa shape index (κ2) is 6.22. The number of rotatable bonds is 6. The molecule has 1 N–H and O–H groups in total. The average Bonchev–Trinajstić information content (AvgIpc) is 2.24. The van der Waals surface area contributed by atoms with E-state index in [9.17, 15) is 10.1 Å². The molecule has 0 saturated heterocycles. The van der Waals surface area contributed by atoms with Crippen LogP contribution in [0.4, 0.5) is 11.6 Å². The van der Waals surface area contributed by atoms with Crippen LogP contribution in [0, 0.1) is 10.1 Å². The van der Waals surface area contributed by atoms with E-state index >= 15 is 0 Å². The first kappa shape index (κ1) is 12.6. The topological polar surface area (TPSA) is 81.0 Å². The number of nitro groups is 1. The van der Waals surface area contributed by atoms with Crippen LogP contribution in [-0.4, -0.2) is 21.4 Å². The van der Waals surface area contributed by atoms with Gasteiger partial charge in [0.25, 0.3) is 0 Å². The molecule has 0 aliphatic rings. The molecule has 1 aromatic rings. The molecule has 0 aliphatic heterocycles. The third kappa shape index (κ3) is 3.62. The smallest absolute Gasteiger partial charge is 0.324 e. The molecule has 16 heavy (non-hydrogen) atoms. The lowest BCUT2D eigenvalue weighted by Gasteiger charge is -2.03. The predicted molar refractivity (Wildman–Crippen MR) is 61.7 cm³/mol. The maximum absolute atomic E-state index is 10.5. The lowest BCUT2D eigenvalue weighted by atomic mass is 10.2. The van der Waals surface area contributed by atoms with Gasteiger partial charge in [0.05, 0.1) is 4.92 Å². The lowest BCUT2D eigenvalue weighted by molar-refractivity contribution is -0.385. The fourth-order valence-electron chi connectivity index (χ4n) is 1.14. The number of nitrogens with one attached hydrogen (secondary N) is 1. The lowest BCUT2D eigenvalue weighted by Crippen LogP contribution is -2.06. The molecule has 0 aromatic carbocycles. The molecule has 0 amide bonds. The summed E-state index contributed by atoms with van der Waals surface area (Å²) in [5.41, 5.74) is -0.277. The normalized spacial score (nSPS) is 10.1. The molecule has 88 valence electrons. The Bertz CT molecular complexity index is 373. The number of hydrogen-bond donors (Lipinski definition) is 1. The number of nitrogens with zero attached hydrogens (tertiary/aromatic N) is 3. The standard InChI is InChI=1S/C9H13ClN4O2/c1-2-3-4-5-11-9-12-6-7(14(15)16)8(10)13-9/h6H,2-5H2,1H3,(H,11,12,13). The van der Waals surface area contributed by atoms with Crippen molar-refractivity contribution < 1.29 is 4.92 Å². The van der Waals surface area contributed by atoms with Crippen LogP contribution in [0.15, 0.2) is 6.20 Å². The summed E-state index contributed by atoms with van der Waals surface area (Å²) in [7, 11) is 0. The van der Waals surface area contributed by atoms with Crippen LogP contribution in [0.25, 0.3) is 0 Å². The first-order valence-corrected chi connectivity index (χ1v) is 5.43. The van der Waals surface area contributed by atoms with Crippen molar-refractivity contribution in [3.8, 4) is 0 Å². The Morgan fingerprint density at radius 2 is 2.31 bits per heavy atom. The van der Waals surface area contributed by atoms with E-state index in [2.05, 4.69) is 22.2 Å². The summed E-state index contributed by atoms with van der Waals surface area (Å²) < 4.78 is 0. The first-order chi connectivity index (χ1) is 7.65. The van der Waals surface area contributed by atoms with Crippen LogP contribution in [0.1, 0.15) is 26.2 Å². The van der Waals surface area contributed by atoms with Crippen molar-refractivity contribution in [2.45, 2.75) is 26.2 Å². The second-order valence-corrected chi connectivity index (χ2v) is 3.62. The van der Waals surface area contributed by atoms with Crippen molar-refractivity contribution in [1.29, 1.82) is 0 Å². The minimum Gasteiger partial charge on any atom is -0.354 e. The molecule has 6 nitrogen and oxygen atoms in total. The van der Waals surface area contributed by atoms with Gasteiger partial charge in [-0.25, -0.2) is 4.98 Å². The molecular weight excluding hydrogens is 232 g/mol. The number of aromatic nitrogens is 2. The Balaban J connectivity index is 2.56. The van der Waals surface area contributed by atoms with Gasteiger partial charge in [0.1, 0.15) is 6.20 Å². The molecule has 0 fully saturated rings. The van der Waals surface area contributed by atoms with E-state index < -0.39 is 4.92 Å². The van der Waals surface area contributed by atoms with Gasteiger partial charge < -0.3 is 5.32 Å². The molecule has 0 atom stereocenters. The maximum Gasteiger partial charge on any atom is 0.324 e. The molecule has 0 bridgehead atoms. The molecule has 0 saturated carbocycles. The van der Waals surface area contributed by atoms with Gasteiger partial charge in [-0.05, 0) is 6.42 Å². The highest BCUT2D eigenvalue weighted by molar-refractivity contribution is 6.31. The van der Waals surface area contributed by atoms with Crippen LogP contribution in [0.2, 0.25) is 5.15 Å². The molecule has 1 rings (SSSR count). The van der Waals surface area contributed by atoms with Crippen molar-refractivity contribution >= 4 is 23.2 Å². The van der Waals surface area contributed by atoms with Crippen LogP contribution < -0.4 is 5.32 Å². The maximum atomic E-state index is 10.5. The quantitative estimate of drug-likeness (QED) is 0.360. The number of anilines is 1. The van der Waals surface area contributed by atoms with E-state index in [1.807, 2.05) is 0 Å². The molecule has 0 unspecified atom stereocenters. The molecule has 1 heterocycles. The molecule has 7 heteroatoms. The van der Waals surface area contributed by atoms with Gasteiger partial charge in [-0.2, -0.15) is 4.98 Å². The Hall–Kier alpha value is -1.43. The van der Waals surface area contributed by atoms with E-state index in [-0.39, 0.29) is 10.8 Å². The van der Waals surface area contributed by atoms with Crippen molar-refractivity contribution in [1.82, 2.24) is 9.97 Å². The largest absolute Gasteiger partial charge is 0.354 e. The first-order valence-electron chi connectivity index (χ1n) is 5.06. The average molecular weight is 245 g/mol. The van der Waals surface area contributed by atoms with Crippen molar-refractivity contribution in [2.75, 3.05) is 11.9 Å². The Labute approximate surface area is 98.2 Å². The zero-order valence-electron chi connectivity index (χ0n) is 8.94. The SMILES string of the molecule is CCCCCNc1ncc([N+](=O)[O-])c(Cl)n1. The molecule has 0 aliphatic carbocycles. The minimum absolute atomic E-state index is 0.141. The summed E-state index contributed by atoms with van der Waals surface area (Å²) in [6.45, 7) is 2.85. The minimum atomic E-state index is -0.608. The number of unbranched alkanes of at least 4 members (excludes halogenated alkanes) is 2. The zero-order valence-corrected chi connectivity index (χ0v) is 9.70. The van der Waals surface area contributed by atoms with Gasteiger partial charge in [-0.15, -0.1) is 0 Å². The number of halogens is 1. The highest BCUT2D eigenvalue weighted by Crippen LogP contribution is 2.21. The molecule has 0 radical (unpaired) electrons. The Morgan fingerprint density at radius 1 is 1.56 bits per heavy atom. The van der Waals surface area contributed by atoms with Gasteiger partial charge in [0.2, 0.25) is 11.1 Å². The second-order valence-electron chi connectivity index (χ2n) is 3.26.